The Hall–Kier alpha value is -6.85. The lowest BCUT2D eigenvalue weighted by molar-refractivity contribution is -0.159. The number of halogens is 6. The number of esters is 3. The van der Waals surface area contributed by atoms with Crippen molar-refractivity contribution < 1.29 is 74.8 Å². The quantitative estimate of drug-likeness (QED) is 0.0599. The molecule has 93 heavy (non-hydrogen) atoms. The first-order chi connectivity index (χ1) is 43.1. The van der Waals surface area contributed by atoms with E-state index < -0.39 is 106 Å². The van der Waals surface area contributed by atoms with Crippen LogP contribution in [0.3, 0.4) is 0 Å². The zero-order valence-electron chi connectivity index (χ0n) is 53.9. The lowest BCUT2D eigenvalue weighted by Crippen LogP contribution is -2.49. The van der Waals surface area contributed by atoms with Gasteiger partial charge in [-0.3, -0.25) is 33.6 Å². The van der Waals surface area contributed by atoms with Gasteiger partial charge in [0.1, 0.15) is 17.8 Å². The van der Waals surface area contributed by atoms with E-state index in [0.29, 0.717) is 55.6 Å². The number of carbonyl (C=O) groups excluding carboxylic acids is 7. The lowest BCUT2D eigenvalue weighted by atomic mass is 9.91. The van der Waals surface area contributed by atoms with Gasteiger partial charge in [0.15, 0.2) is 23.0 Å². The number of carbonyl (C=O) groups is 7. The van der Waals surface area contributed by atoms with Crippen molar-refractivity contribution >= 4 is 88.2 Å². The van der Waals surface area contributed by atoms with Crippen LogP contribution in [0.5, 0.6) is 11.8 Å². The van der Waals surface area contributed by atoms with Crippen LogP contribution in [-0.2, 0) is 59.6 Å². The number of benzene rings is 2. The van der Waals surface area contributed by atoms with Gasteiger partial charge in [0, 0.05) is 45.4 Å². The standard InChI is InChI=1S/C37H47F2N3O7.C31H38F2N4O5.2ClH/c1-6-47-34(46)37-20-24(37)15-11-9-7-8-10-14-23(18-30(44)49-35(2,3)4)33(45)42-22-25(19-28(42)29(43)21-37)48-32-31(36(5,38)39)40-26-16-12-13-17-27(26)41-32;1-3-41-29(40)31-16-19(31)11-7-5-4-6-8-12-21(34)28(39)37-18-20(15-24(37)25(38)17-31)42-27-26(30(2,32)33)35-22-13-9-10-14-23(22)36-27;;/h11-13,15-17,23-25,28H,6-10,14,18-22H2,1-5H3;7,9-11,13-14,19-21,24H,3-6,8,12,15-18,34H2,1-2H3;2*1H/b15-11-;11-7-;;/t23-,24-,25-,28+,37-;19-,20-,21+,24+,31-;;/m11../s1. The predicted octanol–water partition coefficient (Wildman–Crippen LogP) is 11.8. The van der Waals surface area contributed by atoms with Crippen molar-refractivity contribution in [2.75, 3.05) is 26.3 Å². The molecule has 0 unspecified atom stereocenters. The number of ether oxygens (including phenoxy) is 5. The van der Waals surface area contributed by atoms with Gasteiger partial charge in [0.2, 0.25) is 23.6 Å². The number of nitrogens with two attached hydrogens (primary N) is 1. The van der Waals surface area contributed by atoms with E-state index in [4.69, 9.17) is 29.4 Å². The molecule has 25 heteroatoms. The highest BCUT2D eigenvalue weighted by Gasteiger charge is 2.63. The van der Waals surface area contributed by atoms with Crippen molar-refractivity contribution in [1.82, 2.24) is 29.7 Å². The van der Waals surface area contributed by atoms with Crippen LogP contribution in [0.15, 0.2) is 72.8 Å². The minimum absolute atomic E-state index is 0. The number of alkyl halides is 4. The first kappa shape index (κ1) is 73.6. The fraction of sp³-hybridized carbons (Fsp3) is 0.603. The normalized spacial score (nSPS) is 27.8. The maximum absolute atomic E-state index is 14.8. The van der Waals surface area contributed by atoms with Crippen LogP contribution in [0.2, 0.25) is 0 Å². The molecule has 2 amide bonds. The first-order valence-electron chi connectivity index (χ1n) is 32.1. The van der Waals surface area contributed by atoms with Gasteiger partial charge in [-0.1, -0.05) is 74.3 Å². The second kappa shape index (κ2) is 30.7. The van der Waals surface area contributed by atoms with Crippen LogP contribution >= 0.6 is 24.8 Å². The fourth-order valence-corrected chi connectivity index (χ4v) is 13.1. The molecule has 4 aliphatic heterocycles. The molecule has 508 valence electrons. The summed E-state index contributed by atoms with van der Waals surface area (Å²) < 4.78 is 87.4. The molecule has 2 N–H and O–H groups in total. The molecule has 2 saturated heterocycles. The van der Waals surface area contributed by atoms with Gasteiger partial charge >= 0.3 is 17.9 Å². The fourth-order valence-electron chi connectivity index (χ4n) is 13.1. The molecule has 0 radical (unpaired) electrons. The number of rotatable bonds is 12. The van der Waals surface area contributed by atoms with Crippen LogP contribution in [0.25, 0.3) is 22.1 Å². The van der Waals surface area contributed by atoms with Gasteiger partial charge in [-0.25, -0.2) is 19.9 Å². The van der Waals surface area contributed by atoms with Crippen LogP contribution in [-0.4, -0.2) is 133 Å². The van der Waals surface area contributed by atoms with Crippen molar-refractivity contribution in [3.63, 3.8) is 0 Å². The zero-order valence-corrected chi connectivity index (χ0v) is 55.5. The van der Waals surface area contributed by atoms with Crippen molar-refractivity contribution in [2.24, 2.45) is 34.3 Å². The molecular weight excluding hydrogens is 1250 g/mol. The number of fused-ring (bicyclic) bond motifs is 6. The predicted molar refractivity (Wildman–Crippen MR) is 342 cm³/mol. The minimum Gasteiger partial charge on any atom is -0.471 e. The summed E-state index contributed by atoms with van der Waals surface area (Å²) in [6, 6.07) is 10.5. The van der Waals surface area contributed by atoms with E-state index in [-0.39, 0.29) is 124 Å². The molecule has 4 aromatic rings. The Balaban J connectivity index is 0.000000261. The van der Waals surface area contributed by atoms with E-state index in [2.05, 4.69) is 26.0 Å². The number of amides is 2. The van der Waals surface area contributed by atoms with Crippen molar-refractivity contribution in [2.45, 2.75) is 205 Å². The summed E-state index contributed by atoms with van der Waals surface area (Å²) in [6.45, 7) is 10.4. The summed E-state index contributed by atoms with van der Waals surface area (Å²) >= 11 is 0. The summed E-state index contributed by atoms with van der Waals surface area (Å²) in [6.07, 6.45) is 14.4. The highest BCUT2D eigenvalue weighted by Crippen LogP contribution is 2.59. The number of Topliss-reactive ketones (excluding diaryl/α,β-unsaturated/α-hetero) is 2. The number of hydrogen-bond donors (Lipinski definition) is 1. The topological polar surface area (TPSA) is 250 Å². The third kappa shape index (κ3) is 17.7. The number of hydrogen-bond acceptors (Lipinski definition) is 17. The minimum atomic E-state index is -3.39. The Morgan fingerprint density at radius 2 is 1.00 bits per heavy atom. The zero-order chi connectivity index (χ0) is 65.6. The van der Waals surface area contributed by atoms with E-state index in [0.717, 1.165) is 51.9 Å². The van der Waals surface area contributed by atoms with Crippen LogP contribution in [0.4, 0.5) is 17.6 Å². The maximum atomic E-state index is 14.8. The third-order valence-electron chi connectivity index (χ3n) is 18.0. The van der Waals surface area contributed by atoms with Crippen LogP contribution in [0, 0.1) is 28.6 Å². The Labute approximate surface area is 552 Å². The lowest BCUT2D eigenvalue weighted by Gasteiger charge is -2.29. The summed E-state index contributed by atoms with van der Waals surface area (Å²) in [4.78, 5) is 115. The number of para-hydroxylation sites is 4. The largest absolute Gasteiger partial charge is 0.471 e. The van der Waals surface area contributed by atoms with E-state index in [9.17, 15) is 51.1 Å². The van der Waals surface area contributed by atoms with Gasteiger partial charge < -0.3 is 39.2 Å². The molecule has 10 rings (SSSR count). The maximum Gasteiger partial charge on any atom is 0.313 e. The molecule has 0 spiro atoms. The summed E-state index contributed by atoms with van der Waals surface area (Å²) in [5.41, 5.74) is 3.59. The van der Waals surface area contributed by atoms with Crippen LogP contribution < -0.4 is 15.2 Å². The molecule has 19 nitrogen and oxygen atoms in total. The molecule has 6 aliphatic rings. The van der Waals surface area contributed by atoms with E-state index >= 15 is 0 Å². The van der Waals surface area contributed by atoms with Gasteiger partial charge in [0.05, 0.1) is 83.7 Å². The van der Waals surface area contributed by atoms with E-state index in [1.807, 2.05) is 18.2 Å². The van der Waals surface area contributed by atoms with E-state index in [1.165, 1.54) is 9.80 Å². The SMILES string of the molecule is CCOC(=O)[C@]12CC(=O)[C@@H]3C[C@@H](Oc4nc5ccccc5nc4C(C)(F)F)CN3C(=O)[C@@H](CC(=O)OC(C)(C)C)CCCCC/C=C\[C@@H]1C2.CCOC(=O)[C@]12CC(=O)[C@@H]3C[C@@H](Oc4nc5ccccc5nc4C(C)(F)F)CN3C(=O)[C@@H](N)CCCCC/C=C\[C@@H]1C2.Cl.Cl. The second-order valence-electron chi connectivity index (χ2n) is 26.4. The molecule has 10 atom stereocenters. The van der Waals surface area contributed by atoms with Crippen molar-refractivity contribution in [3.05, 3.63) is 84.2 Å². The van der Waals surface area contributed by atoms with Gasteiger partial charge in [-0.05, 0) is 122 Å². The van der Waals surface area contributed by atoms with Crippen LogP contribution in [0.1, 0.15) is 169 Å². The number of nitrogens with zero attached hydrogens (tertiary/aromatic N) is 6. The molecule has 4 fully saturated rings. The molecule has 2 aromatic heterocycles. The average Bonchev–Trinajstić information content (AvgIpc) is 1.61. The van der Waals surface area contributed by atoms with Crippen molar-refractivity contribution in [3.8, 4) is 11.8 Å². The van der Waals surface area contributed by atoms with Gasteiger partial charge in [-0.2, -0.15) is 17.6 Å². The highest BCUT2D eigenvalue weighted by atomic mass is 35.5. The molecule has 2 aromatic carbocycles. The third-order valence-corrected chi connectivity index (χ3v) is 18.0. The summed E-state index contributed by atoms with van der Waals surface area (Å²) in [5.74, 6) is -11.3. The molecule has 2 aliphatic carbocycles. The number of ketones is 2. The Bertz CT molecular complexity index is 3430. The molecule has 2 saturated carbocycles. The van der Waals surface area contributed by atoms with Gasteiger partial charge in [0.25, 0.3) is 11.8 Å². The summed E-state index contributed by atoms with van der Waals surface area (Å²) in [7, 11) is 0. The van der Waals surface area contributed by atoms with Crippen molar-refractivity contribution in [1.29, 1.82) is 0 Å². The van der Waals surface area contributed by atoms with E-state index in [1.54, 1.807) is 83.1 Å². The monoisotopic (exact) mass is 1340 g/mol. The first-order valence-corrected chi connectivity index (χ1v) is 32.1. The number of allylic oxidation sites excluding steroid dienone is 4. The smallest absolute Gasteiger partial charge is 0.313 e. The average molecular weight is 1340 g/mol. The second-order valence-corrected chi connectivity index (χ2v) is 26.4. The Kier molecular flexibility index (Phi) is 24.3. The Morgan fingerprint density at radius 1 is 0.591 bits per heavy atom. The molecule has 6 heterocycles. The molecular formula is C68H87Cl2F4N7O12. The van der Waals surface area contributed by atoms with Gasteiger partial charge in [-0.15, -0.1) is 24.8 Å². The number of aromatic nitrogens is 4. The summed E-state index contributed by atoms with van der Waals surface area (Å²) in [5, 5.41) is 0. The molecule has 0 bridgehead atoms. The highest BCUT2D eigenvalue weighted by molar-refractivity contribution is 5.97. The Morgan fingerprint density at radius 3 is 1.41 bits per heavy atom.